The molecule has 0 bridgehead atoms. The maximum Gasteiger partial charge on any atom is 0.262 e. The van der Waals surface area contributed by atoms with Crippen LogP contribution >= 0.6 is 12.2 Å². The van der Waals surface area contributed by atoms with Crippen LogP contribution in [0.5, 0.6) is 0 Å². The molecule has 4 rings (SSSR count). The molecule has 0 spiro atoms. The summed E-state index contributed by atoms with van der Waals surface area (Å²) in [5, 5.41) is 3.08. The van der Waals surface area contributed by atoms with Gasteiger partial charge in [-0.3, -0.25) is 14.2 Å². The third kappa shape index (κ3) is 3.49. The number of nitrogens with zero attached hydrogens (tertiary/aromatic N) is 1. The molecule has 0 saturated carbocycles. The number of aromatic nitrogens is 2. The Bertz CT molecular complexity index is 1280. The molecule has 0 fully saturated rings. The van der Waals surface area contributed by atoms with Gasteiger partial charge in [-0.1, -0.05) is 0 Å². The quantitative estimate of drug-likeness (QED) is 0.510. The van der Waals surface area contributed by atoms with E-state index in [9.17, 15) is 14.0 Å². The van der Waals surface area contributed by atoms with E-state index in [4.69, 9.17) is 16.6 Å². The summed E-state index contributed by atoms with van der Waals surface area (Å²) in [6.45, 7) is 0.212. The Hall–Kier alpha value is -3.52. The summed E-state index contributed by atoms with van der Waals surface area (Å²) in [5.74, 6) is -0.161. The molecule has 0 aliphatic carbocycles. The van der Waals surface area contributed by atoms with E-state index in [1.807, 2.05) is 0 Å². The number of aromatic amines is 1. The number of hydrogen-bond donors (Lipinski definition) is 2. The normalized spacial score (nSPS) is 10.9. The second kappa shape index (κ2) is 7.24. The fraction of sp³-hybridized carbons (Fsp3) is 0.0500. The summed E-state index contributed by atoms with van der Waals surface area (Å²) >= 11 is 5.30. The van der Waals surface area contributed by atoms with Crippen molar-refractivity contribution in [1.82, 2.24) is 9.55 Å². The third-order valence-corrected chi connectivity index (χ3v) is 4.56. The van der Waals surface area contributed by atoms with Gasteiger partial charge in [0, 0.05) is 11.3 Å². The number of nitrogens with one attached hydrogen (secondary N) is 2. The number of H-pyrrole nitrogens is 1. The molecule has 28 heavy (non-hydrogen) atoms. The predicted octanol–water partition coefficient (Wildman–Crippen LogP) is 4.09. The summed E-state index contributed by atoms with van der Waals surface area (Å²) < 4.78 is 19.9. The van der Waals surface area contributed by atoms with Crippen LogP contribution in [0.25, 0.3) is 10.9 Å². The number of fused-ring (bicyclic) bond motifs is 1. The van der Waals surface area contributed by atoms with E-state index in [2.05, 4.69) is 10.3 Å². The predicted molar refractivity (Wildman–Crippen MR) is 106 cm³/mol. The Kier molecular flexibility index (Phi) is 4.62. The van der Waals surface area contributed by atoms with E-state index in [0.717, 1.165) is 0 Å². The van der Waals surface area contributed by atoms with Crippen molar-refractivity contribution in [2.75, 3.05) is 5.32 Å². The minimum Gasteiger partial charge on any atom is -0.467 e. The topological polar surface area (TPSA) is 80.0 Å². The van der Waals surface area contributed by atoms with Gasteiger partial charge in [0.05, 0.1) is 23.7 Å². The molecule has 2 heterocycles. The van der Waals surface area contributed by atoms with Crippen molar-refractivity contribution >= 4 is 34.7 Å². The van der Waals surface area contributed by atoms with E-state index in [-0.39, 0.29) is 28.6 Å². The lowest BCUT2D eigenvalue weighted by atomic mass is 10.1. The van der Waals surface area contributed by atoms with Crippen molar-refractivity contribution in [3.63, 3.8) is 0 Å². The van der Waals surface area contributed by atoms with Crippen molar-refractivity contribution in [3.8, 4) is 0 Å². The minimum absolute atomic E-state index is 0.212. The van der Waals surface area contributed by atoms with Crippen LogP contribution in [-0.2, 0) is 6.54 Å². The lowest BCUT2D eigenvalue weighted by Crippen LogP contribution is -2.23. The SMILES string of the molecule is O=C(Nc1ccc(F)cc1)c1ccc2c(=O)n(Cc3ccco3)c(=S)[nH]c2c1. The van der Waals surface area contributed by atoms with Gasteiger partial charge in [0.2, 0.25) is 0 Å². The van der Waals surface area contributed by atoms with Gasteiger partial charge in [0.1, 0.15) is 11.6 Å². The first kappa shape index (κ1) is 17.9. The highest BCUT2D eigenvalue weighted by molar-refractivity contribution is 7.71. The largest absolute Gasteiger partial charge is 0.467 e. The Morgan fingerprint density at radius 3 is 2.68 bits per heavy atom. The van der Waals surface area contributed by atoms with Gasteiger partial charge in [0.15, 0.2) is 4.77 Å². The van der Waals surface area contributed by atoms with Crippen LogP contribution in [0.15, 0.2) is 70.1 Å². The number of hydrogen-bond acceptors (Lipinski definition) is 4. The average molecular weight is 395 g/mol. The van der Waals surface area contributed by atoms with Crippen LogP contribution in [0.3, 0.4) is 0 Å². The van der Waals surface area contributed by atoms with Crippen LogP contribution in [0.1, 0.15) is 16.1 Å². The number of rotatable bonds is 4. The van der Waals surface area contributed by atoms with Crippen LogP contribution in [-0.4, -0.2) is 15.5 Å². The van der Waals surface area contributed by atoms with Crippen molar-refractivity contribution < 1.29 is 13.6 Å². The summed E-state index contributed by atoms with van der Waals surface area (Å²) in [5.41, 5.74) is 0.983. The maximum atomic E-state index is 13.0. The molecule has 0 radical (unpaired) electrons. The molecule has 2 aromatic heterocycles. The third-order valence-electron chi connectivity index (χ3n) is 4.24. The van der Waals surface area contributed by atoms with Crippen LogP contribution in [0.4, 0.5) is 10.1 Å². The Morgan fingerprint density at radius 1 is 1.18 bits per heavy atom. The molecule has 8 heteroatoms. The number of carbonyl (C=O) groups excluding carboxylic acids is 1. The van der Waals surface area contributed by atoms with E-state index in [0.29, 0.717) is 27.9 Å². The highest BCUT2D eigenvalue weighted by atomic mass is 32.1. The lowest BCUT2D eigenvalue weighted by Gasteiger charge is -2.09. The number of halogens is 1. The number of benzene rings is 2. The van der Waals surface area contributed by atoms with Crippen molar-refractivity contribution in [2.24, 2.45) is 0 Å². The fourth-order valence-corrected chi connectivity index (χ4v) is 3.09. The number of carbonyl (C=O) groups is 1. The highest BCUT2D eigenvalue weighted by Crippen LogP contribution is 2.15. The van der Waals surface area contributed by atoms with Crippen LogP contribution in [0.2, 0.25) is 0 Å². The average Bonchev–Trinajstić information content (AvgIpc) is 3.20. The first-order chi connectivity index (χ1) is 13.5. The number of furan rings is 1. The Morgan fingerprint density at radius 2 is 1.96 bits per heavy atom. The van der Waals surface area contributed by atoms with Gasteiger partial charge >= 0.3 is 0 Å². The highest BCUT2D eigenvalue weighted by Gasteiger charge is 2.12. The lowest BCUT2D eigenvalue weighted by molar-refractivity contribution is 0.102. The summed E-state index contributed by atoms with van der Waals surface area (Å²) in [6, 6.07) is 13.6. The Labute approximate surface area is 163 Å². The molecule has 2 aromatic carbocycles. The Balaban J connectivity index is 1.67. The van der Waals surface area contributed by atoms with Crippen molar-refractivity contribution in [1.29, 1.82) is 0 Å². The van der Waals surface area contributed by atoms with Crippen LogP contribution < -0.4 is 10.9 Å². The maximum absolute atomic E-state index is 13.0. The van der Waals surface area contributed by atoms with Gasteiger partial charge in [-0.15, -0.1) is 0 Å². The molecule has 0 atom stereocenters. The summed E-state index contributed by atoms with van der Waals surface area (Å²) in [6.07, 6.45) is 1.53. The molecule has 140 valence electrons. The minimum atomic E-state index is -0.387. The van der Waals surface area contributed by atoms with Crippen molar-refractivity contribution in [3.05, 3.63) is 93.1 Å². The molecular weight excluding hydrogens is 381 g/mol. The monoisotopic (exact) mass is 395 g/mol. The molecule has 0 unspecified atom stereocenters. The number of amides is 1. The zero-order valence-electron chi connectivity index (χ0n) is 14.4. The molecular formula is C20H14FN3O3S. The van der Waals surface area contributed by atoms with Gasteiger partial charge in [-0.25, -0.2) is 4.39 Å². The summed E-state index contributed by atoms with van der Waals surface area (Å²) in [7, 11) is 0. The zero-order chi connectivity index (χ0) is 19.7. The van der Waals surface area contributed by atoms with Gasteiger partial charge < -0.3 is 14.7 Å². The molecule has 4 aromatic rings. The number of anilines is 1. The zero-order valence-corrected chi connectivity index (χ0v) is 15.3. The van der Waals surface area contributed by atoms with E-state index < -0.39 is 0 Å². The van der Waals surface area contributed by atoms with E-state index in [1.165, 1.54) is 35.1 Å². The molecule has 0 saturated heterocycles. The van der Waals surface area contributed by atoms with Gasteiger partial charge in [-0.05, 0) is 66.8 Å². The molecule has 1 amide bonds. The first-order valence-corrected chi connectivity index (χ1v) is 8.78. The van der Waals surface area contributed by atoms with Gasteiger partial charge in [-0.2, -0.15) is 0 Å². The molecule has 0 aliphatic heterocycles. The molecule has 6 nitrogen and oxygen atoms in total. The van der Waals surface area contributed by atoms with E-state index >= 15 is 0 Å². The molecule has 0 aliphatic rings. The first-order valence-electron chi connectivity index (χ1n) is 8.37. The van der Waals surface area contributed by atoms with Crippen molar-refractivity contribution in [2.45, 2.75) is 6.54 Å². The summed E-state index contributed by atoms with van der Waals surface area (Å²) in [4.78, 5) is 28.2. The second-order valence-electron chi connectivity index (χ2n) is 6.12. The second-order valence-corrected chi connectivity index (χ2v) is 6.51. The van der Waals surface area contributed by atoms with E-state index in [1.54, 1.807) is 30.3 Å². The fourth-order valence-electron chi connectivity index (χ4n) is 2.83. The van der Waals surface area contributed by atoms with Crippen LogP contribution in [0, 0.1) is 10.6 Å². The standard InChI is InChI=1S/C20H14FN3O3S/c21-13-4-6-14(7-5-13)22-18(25)12-3-8-16-17(10-12)23-20(28)24(19(16)26)11-15-2-1-9-27-15/h1-10H,11H2,(H,22,25)(H,23,28). The smallest absolute Gasteiger partial charge is 0.262 e. The van der Waals surface area contributed by atoms with Gasteiger partial charge in [0.25, 0.3) is 11.5 Å². The molecule has 2 N–H and O–H groups in total.